The Kier molecular flexibility index (Phi) is 2.71. The van der Waals surface area contributed by atoms with Crippen molar-refractivity contribution in [3.05, 3.63) is 0 Å². The van der Waals surface area contributed by atoms with Gasteiger partial charge in [0.15, 0.2) is 0 Å². The van der Waals surface area contributed by atoms with Gasteiger partial charge in [0, 0.05) is 12.0 Å². The van der Waals surface area contributed by atoms with Crippen LogP contribution in [0.2, 0.25) is 0 Å². The molecule has 1 unspecified atom stereocenters. The van der Waals surface area contributed by atoms with Crippen LogP contribution in [0.25, 0.3) is 0 Å². The van der Waals surface area contributed by atoms with Crippen LogP contribution in [0.1, 0.15) is 27.2 Å². The van der Waals surface area contributed by atoms with E-state index in [2.05, 4.69) is 11.2 Å². The molecule has 0 aliphatic carbocycles. The van der Waals surface area contributed by atoms with Crippen LogP contribution < -0.4 is 5.32 Å². The molecular formula is C12H21N2O+. The highest BCUT2D eigenvalue weighted by atomic mass is 16.2. The number of carbonyl (C=O) groups excluding carboxylic acids is 1. The molecule has 3 nitrogen and oxygen atoms in total. The Balaban J connectivity index is 3.01. The minimum absolute atomic E-state index is 0.0972. The topological polar surface area (TPSA) is 29.1 Å². The Hall–Kier alpha value is -0.850. The van der Waals surface area contributed by atoms with Gasteiger partial charge in [0.1, 0.15) is 0 Å². The van der Waals surface area contributed by atoms with Crippen LogP contribution in [-0.2, 0) is 4.79 Å². The molecular weight excluding hydrogens is 188 g/mol. The third kappa shape index (κ3) is 2.22. The maximum absolute atomic E-state index is 12.2. The second kappa shape index (κ2) is 3.33. The molecule has 1 saturated heterocycles. The maximum atomic E-state index is 12.2. The van der Waals surface area contributed by atoms with Crippen LogP contribution in [0.5, 0.6) is 0 Å². The molecule has 1 fully saturated rings. The van der Waals surface area contributed by atoms with E-state index in [9.17, 15) is 4.79 Å². The number of amides is 1. The molecule has 15 heavy (non-hydrogen) atoms. The molecule has 1 rings (SSSR count). The van der Waals surface area contributed by atoms with Crippen molar-refractivity contribution in [2.24, 2.45) is 0 Å². The van der Waals surface area contributed by atoms with Gasteiger partial charge in [0.05, 0.1) is 20.6 Å². The normalized spacial score (nSPS) is 30.3. The fraction of sp³-hybridized carbons (Fsp3) is 0.750. The standard InChI is InChI=1S/C12H21N2O/c1-7-12(13-11(2,3)4)8-9-14(5,6)10(12)15/h1,13H,8-9H2,2-6H3/q+1. The Bertz CT molecular complexity index is 319. The molecule has 0 saturated carbocycles. The van der Waals surface area contributed by atoms with Crippen molar-refractivity contribution < 1.29 is 9.28 Å². The van der Waals surface area contributed by atoms with E-state index < -0.39 is 5.54 Å². The monoisotopic (exact) mass is 209 g/mol. The van der Waals surface area contributed by atoms with Gasteiger partial charge in [-0.2, -0.15) is 0 Å². The number of likely N-dealkylation sites (N-methyl/N-ethyl adjacent to an activating group) is 1. The zero-order valence-electron chi connectivity index (χ0n) is 10.3. The lowest BCUT2D eigenvalue weighted by Gasteiger charge is -2.31. The summed E-state index contributed by atoms with van der Waals surface area (Å²) in [5.74, 6) is 2.76. The van der Waals surface area contributed by atoms with Crippen LogP contribution in [0.15, 0.2) is 0 Å². The number of hydrogen-bond donors (Lipinski definition) is 1. The SMILES string of the molecule is C#CC1(NC(C)(C)C)CC[N+](C)(C)C1=O. The molecule has 1 amide bonds. The first kappa shape index (κ1) is 12.2. The molecule has 0 aromatic heterocycles. The minimum Gasteiger partial charge on any atom is -0.285 e. The van der Waals surface area contributed by atoms with Crippen LogP contribution in [0, 0.1) is 12.3 Å². The van der Waals surface area contributed by atoms with Crippen molar-refractivity contribution in [3.63, 3.8) is 0 Å². The van der Waals surface area contributed by atoms with E-state index in [1.807, 2.05) is 34.9 Å². The van der Waals surface area contributed by atoms with Crippen LogP contribution in [-0.4, -0.2) is 42.1 Å². The molecule has 0 bridgehead atoms. The highest BCUT2D eigenvalue weighted by molar-refractivity contribution is 5.86. The highest BCUT2D eigenvalue weighted by Crippen LogP contribution is 2.28. The summed E-state index contributed by atoms with van der Waals surface area (Å²) in [5.41, 5.74) is -0.922. The maximum Gasteiger partial charge on any atom is 0.346 e. The minimum atomic E-state index is -0.776. The lowest BCUT2D eigenvalue weighted by molar-refractivity contribution is -0.805. The summed E-state index contributed by atoms with van der Waals surface area (Å²) in [6, 6.07) is 0. The second-order valence-corrected chi connectivity index (χ2v) is 5.89. The zero-order chi connectivity index (χ0) is 11.9. The molecule has 1 atom stereocenters. The Labute approximate surface area is 92.4 Å². The van der Waals surface area contributed by atoms with Gasteiger partial charge in [-0.15, -0.1) is 6.42 Å². The first-order valence-electron chi connectivity index (χ1n) is 5.28. The average molecular weight is 209 g/mol. The molecule has 0 aromatic carbocycles. The van der Waals surface area contributed by atoms with Crippen molar-refractivity contribution in [2.45, 2.75) is 38.3 Å². The van der Waals surface area contributed by atoms with Crippen molar-refractivity contribution in [2.75, 3.05) is 20.6 Å². The molecule has 1 aliphatic rings. The molecule has 0 spiro atoms. The summed E-state index contributed by atoms with van der Waals surface area (Å²) in [4.78, 5) is 12.2. The highest BCUT2D eigenvalue weighted by Gasteiger charge is 2.54. The van der Waals surface area contributed by atoms with Crippen LogP contribution >= 0.6 is 0 Å². The molecule has 0 aromatic rings. The van der Waals surface area contributed by atoms with E-state index >= 15 is 0 Å². The number of hydrogen-bond acceptors (Lipinski definition) is 2. The van der Waals surface area contributed by atoms with E-state index in [4.69, 9.17) is 6.42 Å². The number of carbonyl (C=O) groups is 1. The number of nitrogens with zero attached hydrogens (tertiary/aromatic N) is 1. The van der Waals surface area contributed by atoms with Gasteiger partial charge in [-0.25, -0.2) is 4.79 Å². The predicted octanol–water partition coefficient (Wildman–Crippen LogP) is 0.753. The molecule has 1 N–H and O–H groups in total. The zero-order valence-corrected chi connectivity index (χ0v) is 10.3. The van der Waals surface area contributed by atoms with Gasteiger partial charge < -0.3 is 0 Å². The smallest absolute Gasteiger partial charge is 0.285 e. The van der Waals surface area contributed by atoms with E-state index in [1.165, 1.54) is 0 Å². The number of rotatable bonds is 1. The third-order valence-corrected chi connectivity index (χ3v) is 2.80. The Morgan fingerprint density at radius 3 is 2.27 bits per heavy atom. The van der Waals surface area contributed by atoms with Gasteiger partial charge >= 0.3 is 5.91 Å². The first-order chi connectivity index (χ1) is 6.63. The van der Waals surface area contributed by atoms with E-state index in [-0.39, 0.29) is 11.4 Å². The summed E-state index contributed by atoms with van der Waals surface area (Å²) in [7, 11) is 3.82. The number of nitrogens with one attached hydrogen (secondary N) is 1. The van der Waals surface area contributed by atoms with Crippen molar-refractivity contribution in [1.29, 1.82) is 0 Å². The summed E-state index contributed by atoms with van der Waals surface area (Å²) in [6.45, 7) is 6.87. The molecule has 3 heteroatoms. The molecule has 84 valence electrons. The fourth-order valence-corrected chi connectivity index (χ4v) is 2.10. The van der Waals surface area contributed by atoms with E-state index in [0.717, 1.165) is 6.54 Å². The van der Waals surface area contributed by atoms with Gasteiger partial charge in [-0.05, 0) is 20.8 Å². The summed E-state index contributed by atoms with van der Waals surface area (Å²) in [6.07, 6.45) is 6.26. The quantitative estimate of drug-likeness (QED) is 0.510. The summed E-state index contributed by atoms with van der Waals surface area (Å²) >= 11 is 0. The van der Waals surface area contributed by atoms with Crippen LogP contribution in [0.4, 0.5) is 0 Å². The van der Waals surface area contributed by atoms with Crippen molar-refractivity contribution >= 4 is 5.91 Å². The van der Waals surface area contributed by atoms with Crippen molar-refractivity contribution in [1.82, 2.24) is 5.32 Å². The number of terminal acetylenes is 1. The molecule has 1 heterocycles. The number of quaternary nitrogens is 1. The Morgan fingerprint density at radius 1 is 1.47 bits per heavy atom. The molecule has 1 aliphatic heterocycles. The Morgan fingerprint density at radius 2 is 2.00 bits per heavy atom. The lowest BCUT2D eigenvalue weighted by Crippen LogP contribution is -2.60. The first-order valence-corrected chi connectivity index (χ1v) is 5.28. The summed E-state index contributed by atoms with van der Waals surface area (Å²) in [5, 5.41) is 3.29. The largest absolute Gasteiger partial charge is 0.346 e. The molecule has 0 radical (unpaired) electrons. The lowest BCUT2D eigenvalue weighted by atomic mass is 9.94. The van der Waals surface area contributed by atoms with Gasteiger partial charge in [0.2, 0.25) is 5.54 Å². The second-order valence-electron chi connectivity index (χ2n) is 5.89. The van der Waals surface area contributed by atoms with Crippen LogP contribution in [0.3, 0.4) is 0 Å². The van der Waals surface area contributed by atoms with Crippen molar-refractivity contribution in [3.8, 4) is 12.3 Å². The third-order valence-electron chi connectivity index (χ3n) is 2.80. The predicted molar refractivity (Wildman–Crippen MR) is 61.1 cm³/mol. The fourth-order valence-electron chi connectivity index (χ4n) is 2.10. The van der Waals surface area contributed by atoms with Gasteiger partial charge in [0.25, 0.3) is 0 Å². The average Bonchev–Trinajstić information content (AvgIpc) is 2.28. The van der Waals surface area contributed by atoms with Gasteiger partial charge in [-0.3, -0.25) is 9.80 Å². The van der Waals surface area contributed by atoms with E-state index in [1.54, 1.807) is 0 Å². The van der Waals surface area contributed by atoms with Gasteiger partial charge in [-0.1, -0.05) is 5.92 Å². The number of likely N-dealkylation sites (tertiary alicyclic amines) is 1. The van der Waals surface area contributed by atoms with E-state index in [0.29, 0.717) is 10.9 Å². The summed E-state index contributed by atoms with van der Waals surface area (Å²) < 4.78 is 0.368.